The molecule has 0 bridgehead atoms. The standard InChI is InChI=1S/C10H23N3O3S/c1-2-10(3-4-11)9-12-17(14,15)13-5-7-16-8-6-13/h10,12H,2-9,11H2,1H3. The van der Waals surface area contributed by atoms with Gasteiger partial charge in [-0.15, -0.1) is 0 Å². The van der Waals surface area contributed by atoms with E-state index < -0.39 is 10.2 Å². The molecule has 0 amide bonds. The number of morpholine rings is 1. The van der Waals surface area contributed by atoms with Crippen molar-refractivity contribution in [1.29, 1.82) is 0 Å². The van der Waals surface area contributed by atoms with Crippen LogP contribution in [0.5, 0.6) is 0 Å². The molecule has 0 spiro atoms. The minimum atomic E-state index is -3.34. The first-order chi connectivity index (χ1) is 8.10. The van der Waals surface area contributed by atoms with Crippen LogP contribution in [-0.4, -0.2) is 52.1 Å². The number of nitrogens with one attached hydrogen (secondary N) is 1. The molecule has 1 aliphatic rings. The summed E-state index contributed by atoms with van der Waals surface area (Å²) in [6, 6.07) is 0. The fourth-order valence-electron chi connectivity index (χ4n) is 1.79. The second-order valence-corrected chi connectivity index (χ2v) is 5.97. The van der Waals surface area contributed by atoms with Gasteiger partial charge in [-0.05, 0) is 18.9 Å². The summed E-state index contributed by atoms with van der Waals surface area (Å²) in [5.74, 6) is 0.316. The average molecular weight is 265 g/mol. The van der Waals surface area contributed by atoms with Gasteiger partial charge in [0.1, 0.15) is 0 Å². The van der Waals surface area contributed by atoms with Crippen LogP contribution in [0.2, 0.25) is 0 Å². The Balaban J connectivity index is 2.42. The van der Waals surface area contributed by atoms with Crippen molar-refractivity contribution in [2.45, 2.75) is 19.8 Å². The molecular formula is C10H23N3O3S. The summed E-state index contributed by atoms with van der Waals surface area (Å²) in [5.41, 5.74) is 5.48. The fourth-order valence-corrected chi connectivity index (χ4v) is 3.05. The summed E-state index contributed by atoms with van der Waals surface area (Å²) in [4.78, 5) is 0. The zero-order valence-electron chi connectivity index (χ0n) is 10.4. The maximum atomic E-state index is 11.9. The molecular weight excluding hydrogens is 242 g/mol. The zero-order valence-corrected chi connectivity index (χ0v) is 11.2. The summed E-state index contributed by atoms with van der Waals surface area (Å²) in [7, 11) is -3.34. The third-order valence-electron chi connectivity index (χ3n) is 3.02. The Bertz CT molecular complexity index is 302. The van der Waals surface area contributed by atoms with Crippen LogP contribution in [0.3, 0.4) is 0 Å². The van der Waals surface area contributed by atoms with Crippen molar-refractivity contribution < 1.29 is 13.2 Å². The summed E-state index contributed by atoms with van der Waals surface area (Å²) >= 11 is 0. The van der Waals surface area contributed by atoms with Gasteiger partial charge in [0, 0.05) is 19.6 Å². The van der Waals surface area contributed by atoms with E-state index in [1.165, 1.54) is 4.31 Å². The predicted octanol–water partition coefficient (Wildman–Crippen LogP) is -0.472. The average Bonchev–Trinajstić information content (AvgIpc) is 2.35. The molecule has 0 aliphatic carbocycles. The monoisotopic (exact) mass is 265 g/mol. The van der Waals surface area contributed by atoms with Crippen molar-refractivity contribution in [1.82, 2.24) is 9.03 Å². The number of ether oxygens (including phenoxy) is 1. The van der Waals surface area contributed by atoms with Gasteiger partial charge in [0.15, 0.2) is 0 Å². The van der Waals surface area contributed by atoms with Crippen molar-refractivity contribution in [2.75, 3.05) is 39.4 Å². The first-order valence-corrected chi connectivity index (χ1v) is 7.56. The Labute approximate surface area is 104 Å². The third-order valence-corrected chi connectivity index (χ3v) is 4.59. The highest BCUT2D eigenvalue weighted by molar-refractivity contribution is 7.87. The molecule has 3 N–H and O–H groups in total. The predicted molar refractivity (Wildman–Crippen MR) is 66.8 cm³/mol. The zero-order chi connectivity index (χ0) is 12.7. The number of hydrogen-bond acceptors (Lipinski definition) is 4. The van der Waals surface area contributed by atoms with Gasteiger partial charge in [-0.1, -0.05) is 13.3 Å². The number of nitrogens with zero attached hydrogens (tertiary/aromatic N) is 1. The van der Waals surface area contributed by atoms with E-state index in [1.807, 2.05) is 6.92 Å². The highest BCUT2D eigenvalue weighted by atomic mass is 32.2. The maximum absolute atomic E-state index is 11.9. The van der Waals surface area contributed by atoms with Crippen molar-refractivity contribution in [3.05, 3.63) is 0 Å². The fraction of sp³-hybridized carbons (Fsp3) is 1.00. The third kappa shape index (κ3) is 4.89. The van der Waals surface area contributed by atoms with Crippen LogP contribution in [0.15, 0.2) is 0 Å². The minimum absolute atomic E-state index is 0.316. The van der Waals surface area contributed by atoms with Crippen LogP contribution in [-0.2, 0) is 14.9 Å². The van der Waals surface area contributed by atoms with Crippen molar-refractivity contribution in [3.63, 3.8) is 0 Å². The molecule has 1 aliphatic heterocycles. The lowest BCUT2D eigenvalue weighted by Crippen LogP contribution is -2.47. The van der Waals surface area contributed by atoms with E-state index in [0.29, 0.717) is 45.3 Å². The summed E-state index contributed by atoms with van der Waals surface area (Å²) in [6.45, 7) is 4.92. The lowest BCUT2D eigenvalue weighted by Gasteiger charge is -2.27. The van der Waals surface area contributed by atoms with Crippen LogP contribution in [0.1, 0.15) is 19.8 Å². The van der Waals surface area contributed by atoms with Crippen molar-refractivity contribution in [2.24, 2.45) is 11.7 Å². The lowest BCUT2D eigenvalue weighted by atomic mass is 10.0. The summed E-state index contributed by atoms with van der Waals surface area (Å²) in [5, 5.41) is 0. The molecule has 7 heteroatoms. The lowest BCUT2D eigenvalue weighted by molar-refractivity contribution is 0.0724. The van der Waals surface area contributed by atoms with Gasteiger partial charge in [0.2, 0.25) is 0 Å². The molecule has 0 saturated carbocycles. The van der Waals surface area contributed by atoms with E-state index in [0.717, 1.165) is 12.8 Å². The van der Waals surface area contributed by atoms with Gasteiger partial charge in [-0.25, -0.2) is 4.72 Å². The molecule has 102 valence electrons. The Morgan fingerprint density at radius 3 is 2.59 bits per heavy atom. The molecule has 1 atom stereocenters. The van der Waals surface area contributed by atoms with Gasteiger partial charge in [0.05, 0.1) is 13.2 Å². The van der Waals surface area contributed by atoms with E-state index in [-0.39, 0.29) is 0 Å². The largest absolute Gasteiger partial charge is 0.379 e. The first-order valence-electron chi connectivity index (χ1n) is 6.12. The number of nitrogens with two attached hydrogens (primary N) is 1. The first kappa shape index (κ1) is 14.8. The van der Waals surface area contributed by atoms with E-state index in [4.69, 9.17) is 10.5 Å². The molecule has 17 heavy (non-hydrogen) atoms. The maximum Gasteiger partial charge on any atom is 0.279 e. The topological polar surface area (TPSA) is 84.7 Å². The molecule has 0 radical (unpaired) electrons. The molecule has 0 aromatic rings. The van der Waals surface area contributed by atoms with Crippen LogP contribution in [0.4, 0.5) is 0 Å². The van der Waals surface area contributed by atoms with Crippen molar-refractivity contribution >= 4 is 10.2 Å². The van der Waals surface area contributed by atoms with E-state index in [2.05, 4.69) is 4.72 Å². The molecule has 1 unspecified atom stereocenters. The molecule has 1 rings (SSSR count). The summed E-state index contributed by atoms with van der Waals surface area (Å²) in [6.07, 6.45) is 1.78. The Hall–Kier alpha value is -0.210. The molecule has 6 nitrogen and oxygen atoms in total. The normalized spacial score (nSPS) is 20.4. The molecule has 1 saturated heterocycles. The van der Waals surface area contributed by atoms with Gasteiger partial charge in [-0.2, -0.15) is 12.7 Å². The smallest absolute Gasteiger partial charge is 0.279 e. The van der Waals surface area contributed by atoms with Crippen LogP contribution < -0.4 is 10.5 Å². The Morgan fingerprint density at radius 2 is 2.06 bits per heavy atom. The van der Waals surface area contributed by atoms with Gasteiger partial charge >= 0.3 is 0 Å². The molecule has 0 aromatic heterocycles. The second-order valence-electron chi connectivity index (χ2n) is 4.22. The quantitative estimate of drug-likeness (QED) is 0.651. The Morgan fingerprint density at radius 1 is 1.41 bits per heavy atom. The SMILES string of the molecule is CCC(CCN)CNS(=O)(=O)N1CCOCC1. The van der Waals surface area contributed by atoms with E-state index >= 15 is 0 Å². The molecule has 1 heterocycles. The van der Waals surface area contributed by atoms with E-state index in [1.54, 1.807) is 0 Å². The van der Waals surface area contributed by atoms with Gasteiger partial charge < -0.3 is 10.5 Å². The minimum Gasteiger partial charge on any atom is -0.379 e. The van der Waals surface area contributed by atoms with Crippen LogP contribution in [0, 0.1) is 5.92 Å². The van der Waals surface area contributed by atoms with Gasteiger partial charge in [0.25, 0.3) is 10.2 Å². The molecule has 0 aromatic carbocycles. The van der Waals surface area contributed by atoms with Crippen LogP contribution >= 0.6 is 0 Å². The second kappa shape index (κ2) is 7.27. The van der Waals surface area contributed by atoms with Crippen molar-refractivity contribution in [3.8, 4) is 0 Å². The molecule has 1 fully saturated rings. The van der Waals surface area contributed by atoms with Crippen LogP contribution in [0.25, 0.3) is 0 Å². The van der Waals surface area contributed by atoms with Gasteiger partial charge in [-0.3, -0.25) is 0 Å². The highest BCUT2D eigenvalue weighted by Gasteiger charge is 2.24. The number of hydrogen-bond donors (Lipinski definition) is 2. The highest BCUT2D eigenvalue weighted by Crippen LogP contribution is 2.08. The number of rotatable bonds is 7. The van der Waals surface area contributed by atoms with E-state index in [9.17, 15) is 8.42 Å². The Kier molecular flexibility index (Phi) is 6.35. The summed E-state index contributed by atoms with van der Waals surface area (Å²) < 4.78 is 33.1.